The number of likely N-dealkylation sites (tertiary alicyclic amines) is 1. The number of nitrogens with zero attached hydrogens (tertiary/aromatic N) is 2. The van der Waals surface area contributed by atoms with E-state index >= 15 is 0 Å². The number of carbonyl (C=O) groups excluding carboxylic acids is 2. The Hall–Kier alpha value is -3.62. The summed E-state index contributed by atoms with van der Waals surface area (Å²) in [5, 5.41) is 13.9. The number of hydrogen-bond donors (Lipinski definition) is 1. The summed E-state index contributed by atoms with van der Waals surface area (Å²) in [7, 11) is 2.93. The van der Waals surface area contributed by atoms with E-state index < -0.39 is 10.8 Å². The van der Waals surface area contributed by atoms with Gasteiger partial charge in [-0.3, -0.25) is 19.7 Å². The molecular formula is C22H25N3O6. The largest absolute Gasteiger partial charge is 0.493 e. The standard InChI is InChI=1S/C22H25N3O6/c1-14-7-8-15(11-18(14)25(28)29)21(26)23-17-13-20(31-3)19(30-2)12-16(17)22(27)24-9-5-4-6-10-24/h7-8,11-13H,4-6,9-10H2,1-3H3,(H,23,26). The van der Waals surface area contributed by atoms with E-state index in [9.17, 15) is 19.7 Å². The number of hydrogen-bond acceptors (Lipinski definition) is 6. The van der Waals surface area contributed by atoms with E-state index in [0.29, 0.717) is 30.2 Å². The monoisotopic (exact) mass is 427 g/mol. The lowest BCUT2D eigenvalue weighted by molar-refractivity contribution is -0.385. The minimum Gasteiger partial charge on any atom is -0.493 e. The van der Waals surface area contributed by atoms with Crippen LogP contribution >= 0.6 is 0 Å². The fourth-order valence-electron chi connectivity index (χ4n) is 3.57. The third kappa shape index (κ3) is 4.76. The highest BCUT2D eigenvalue weighted by atomic mass is 16.6. The van der Waals surface area contributed by atoms with Gasteiger partial charge < -0.3 is 19.7 Å². The van der Waals surface area contributed by atoms with Gasteiger partial charge in [0.05, 0.1) is 30.4 Å². The molecule has 1 saturated heterocycles. The van der Waals surface area contributed by atoms with Crippen LogP contribution < -0.4 is 14.8 Å². The summed E-state index contributed by atoms with van der Waals surface area (Å²) in [6.07, 6.45) is 2.92. The van der Waals surface area contributed by atoms with Gasteiger partial charge in [-0.25, -0.2) is 0 Å². The Balaban J connectivity index is 1.98. The lowest BCUT2D eigenvalue weighted by Gasteiger charge is -2.28. The Morgan fingerprint density at radius 1 is 1.03 bits per heavy atom. The highest BCUT2D eigenvalue weighted by molar-refractivity contribution is 6.09. The molecule has 2 amide bonds. The highest BCUT2D eigenvalue weighted by Crippen LogP contribution is 2.35. The molecule has 9 heteroatoms. The number of nitro groups is 1. The Bertz CT molecular complexity index is 1010. The van der Waals surface area contributed by atoms with Gasteiger partial charge in [0.15, 0.2) is 11.5 Å². The van der Waals surface area contributed by atoms with Crippen molar-refractivity contribution in [2.45, 2.75) is 26.2 Å². The van der Waals surface area contributed by atoms with E-state index in [4.69, 9.17) is 9.47 Å². The summed E-state index contributed by atoms with van der Waals surface area (Å²) in [5.74, 6) is -0.0661. The Kier molecular flexibility index (Phi) is 6.74. The number of piperidine rings is 1. The molecule has 3 rings (SSSR count). The molecule has 0 radical (unpaired) electrons. The summed E-state index contributed by atoms with van der Waals surface area (Å²) in [6, 6.07) is 7.31. The van der Waals surface area contributed by atoms with Gasteiger partial charge in [0.2, 0.25) is 0 Å². The van der Waals surface area contributed by atoms with Gasteiger partial charge in [0.25, 0.3) is 17.5 Å². The molecule has 9 nitrogen and oxygen atoms in total. The summed E-state index contributed by atoms with van der Waals surface area (Å²) in [4.78, 5) is 38.5. The van der Waals surface area contributed by atoms with Crippen molar-refractivity contribution in [3.05, 3.63) is 57.1 Å². The second-order valence-electron chi connectivity index (χ2n) is 7.32. The molecule has 0 unspecified atom stereocenters. The fourth-order valence-corrected chi connectivity index (χ4v) is 3.57. The number of amides is 2. The molecule has 0 aliphatic carbocycles. The van der Waals surface area contributed by atoms with E-state index in [1.165, 1.54) is 38.5 Å². The first kappa shape index (κ1) is 22.1. The number of rotatable bonds is 6. The molecule has 2 aromatic rings. The van der Waals surface area contributed by atoms with Gasteiger partial charge in [-0.05, 0) is 38.3 Å². The Morgan fingerprint density at radius 3 is 2.29 bits per heavy atom. The first-order valence-electron chi connectivity index (χ1n) is 9.97. The normalized spacial score (nSPS) is 13.5. The summed E-state index contributed by atoms with van der Waals surface area (Å²) < 4.78 is 10.7. The minimum absolute atomic E-state index is 0.114. The van der Waals surface area contributed by atoms with E-state index in [2.05, 4.69) is 5.32 Å². The van der Waals surface area contributed by atoms with Crippen LogP contribution in [0.3, 0.4) is 0 Å². The molecule has 0 saturated carbocycles. The van der Waals surface area contributed by atoms with Crippen LogP contribution in [0.5, 0.6) is 11.5 Å². The number of ether oxygens (including phenoxy) is 2. The zero-order chi connectivity index (χ0) is 22.5. The first-order chi connectivity index (χ1) is 14.8. The molecule has 1 aliphatic heterocycles. The van der Waals surface area contributed by atoms with Crippen LogP contribution in [0.4, 0.5) is 11.4 Å². The summed E-state index contributed by atoms with van der Waals surface area (Å²) in [5.41, 5.74) is 0.942. The van der Waals surface area contributed by atoms with E-state index in [1.54, 1.807) is 17.9 Å². The molecule has 1 aliphatic rings. The van der Waals surface area contributed by atoms with Gasteiger partial charge in [-0.2, -0.15) is 0 Å². The number of anilines is 1. The van der Waals surface area contributed by atoms with E-state index in [1.807, 2.05) is 0 Å². The predicted molar refractivity (Wildman–Crippen MR) is 115 cm³/mol. The minimum atomic E-state index is -0.567. The zero-order valence-corrected chi connectivity index (χ0v) is 17.8. The average Bonchev–Trinajstić information content (AvgIpc) is 2.78. The molecule has 0 bridgehead atoms. The van der Waals surface area contributed by atoms with Crippen molar-refractivity contribution < 1.29 is 24.0 Å². The molecular weight excluding hydrogens is 402 g/mol. The number of nitro benzene ring substituents is 1. The lowest BCUT2D eigenvalue weighted by atomic mass is 10.1. The topological polar surface area (TPSA) is 111 Å². The van der Waals surface area contributed by atoms with Crippen molar-refractivity contribution in [3.8, 4) is 11.5 Å². The molecule has 2 aromatic carbocycles. The third-order valence-electron chi connectivity index (χ3n) is 5.31. The smallest absolute Gasteiger partial charge is 0.273 e. The second kappa shape index (κ2) is 9.46. The molecule has 1 heterocycles. The zero-order valence-electron chi connectivity index (χ0n) is 17.8. The van der Waals surface area contributed by atoms with Crippen LogP contribution in [0.2, 0.25) is 0 Å². The van der Waals surface area contributed by atoms with Crippen molar-refractivity contribution in [1.29, 1.82) is 0 Å². The van der Waals surface area contributed by atoms with Crippen molar-refractivity contribution in [1.82, 2.24) is 4.90 Å². The SMILES string of the molecule is COc1cc(NC(=O)c2ccc(C)c([N+](=O)[O-])c2)c(C(=O)N2CCCCC2)cc1OC. The van der Waals surface area contributed by atoms with E-state index in [0.717, 1.165) is 19.3 Å². The highest BCUT2D eigenvalue weighted by Gasteiger charge is 2.25. The molecule has 1 N–H and O–H groups in total. The van der Waals surface area contributed by atoms with Crippen LogP contribution in [0.15, 0.2) is 30.3 Å². The van der Waals surface area contributed by atoms with Gasteiger partial charge in [0, 0.05) is 36.3 Å². The second-order valence-corrected chi connectivity index (χ2v) is 7.32. The van der Waals surface area contributed by atoms with Crippen molar-refractivity contribution in [3.63, 3.8) is 0 Å². The van der Waals surface area contributed by atoms with Crippen LogP contribution in [0.25, 0.3) is 0 Å². The lowest BCUT2D eigenvalue weighted by Crippen LogP contribution is -2.36. The number of nitrogens with one attached hydrogen (secondary N) is 1. The molecule has 0 spiro atoms. The van der Waals surface area contributed by atoms with E-state index in [-0.39, 0.29) is 28.4 Å². The average molecular weight is 427 g/mol. The van der Waals surface area contributed by atoms with Crippen molar-refractivity contribution in [2.24, 2.45) is 0 Å². The summed E-state index contributed by atoms with van der Waals surface area (Å²) in [6.45, 7) is 2.89. The quantitative estimate of drug-likeness (QED) is 0.554. The van der Waals surface area contributed by atoms with Crippen LogP contribution in [0, 0.1) is 17.0 Å². The van der Waals surface area contributed by atoms with Crippen LogP contribution in [-0.4, -0.2) is 48.9 Å². The van der Waals surface area contributed by atoms with Crippen molar-refractivity contribution >= 4 is 23.2 Å². The van der Waals surface area contributed by atoms with Gasteiger partial charge in [0.1, 0.15) is 0 Å². The third-order valence-corrected chi connectivity index (χ3v) is 5.31. The first-order valence-corrected chi connectivity index (χ1v) is 9.97. The molecule has 1 fully saturated rings. The molecule has 0 aromatic heterocycles. The Labute approximate surface area is 180 Å². The van der Waals surface area contributed by atoms with Crippen molar-refractivity contribution in [2.75, 3.05) is 32.6 Å². The van der Waals surface area contributed by atoms with Crippen LogP contribution in [-0.2, 0) is 0 Å². The Morgan fingerprint density at radius 2 is 1.68 bits per heavy atom. The summed E-state index contributed by atoms with van der Waals surface area (Å²) >= 11 is 0. The molecule has 31 heavy (non-hydrogen) atoms. The number of benzene rings is 2. The number of aryl methyl sites for hydroxylation is 1. The van der Waals surface area contributed by atoms with Crippen LogP contribution in [0.1, 0.15) is 45.5 Å². The van der Waals surface area contributed by atoms with Gasteiger partial charge in [-0.15, -0.1) is 0 Å². The number of carbonyl (C=O) groups is 2. The maximum absolute atomic E-state index is 13.2. The maximum Gasteiger partial charge on any atom is 0.273 e. The maximum atomic E-state index is 13.2. The van der Waals surface area contributed by atoms with Gasteiger partial charge >= 0.3 is 0 Å². The van der Waals surface area contributed by atoms with Gasteiger partial charge in [-0.1, -0.05) is 6.07 Å². The fraction of sp³-hybridized carbons (Fsp3) is 0.364. The molecule has 0 atom stereocenters. The predicted octanol–water partition coefficient (Wildman–Crippen LogP) is 3.80. The number of methoxy groups -OCH3 is 2. The molecule has 164 valence electrons.